The maximum absolute atomic E-state index is 10.7. The lowest BCUT2D eigenvalue weighted by molar-refractivity contribution is 0.442. The summed E-state index contributed by atoms with van der Waals surface area (Å²) >= 11 is 0. The van der Waals surface area contributed by atoms with Crippen molar-refractivity contribution in [2.75, 3.05) is 0 Å². The minimum Gasteiger partial charge on any atom is -0.508 e. The zero-order chi connectivity index (χ0) is 20.0. The molecule has 0 saturated heterocycles. The molecule has 2 nitrogen and oxygen atoms in total. The Morgan fingerprint density at radius 1 is 1.11 bits per heavy atom. The fourth-order valence-corrected chi connectivity index (χ4v) is 5.77. The Kier molecular flexibility index (Phi) is 7.89. The van der Waals surface area contributed by atoms with Gasteiger partial charge in [-0.3, -0.25) is 0 Å². The third-order valence-corrected chi connectivity index (χ3v) is 7.69. The summed E-state index contributed by atoms with van der Waals surface area (Å²) in [6, 6.07) is 13.2. The van der Waals surface area contributed by atoms with Crippen molar-refractivity contribution in [2.45, 2.75) is 78.5 Å². The minimum atomic E-state index is -0.0104. The Balaban J connectivity index is 2.52. The standard InChI is InChI=1S/C24H36NOP/c1-7-14-24(8-2,21-15-18(5)12-13-22(21)26)27-23-19(6)10-9-11-20(23)16-25-17(3)4/h9-13,15,17,25-27H,7-8,14,16H2,1-6H3. The first kappa shape index (κ1) is 21.9. The van der Waals surface area contributed by atoms with Gasteiger partial charge in [-0.2, -0.15) is 0 Å². The summed E-state index contributed by atoms with van der Waals surface area (Å²) in [7, 11) is 0.644. The summed E-state index contributed by atoms with van der Waals surface area (Å²) in [5.74, 6) is 0.443. The van der Waals surface area contributed by atoms with Crippen LogP contribution in [0.5, 0.6) is 5.75 Å². The van der Waals surface area contributed by atoms with E-state index in [0.29, 0.717) is 20.4 Å². The van der Waals surface area contributed by atoms with Crippen molar-refractivity contribution in [3.8, 4) is 5.75 Å². The van der Waals surface area contributed by atoms with Crippen molar-refractivity contribution in [3.05, 3.63) is 58.7 Å². The first-order valence-electron chi connectivity index (χ1n) is 10.2. The molecule has 0 radical (unpaired) electrons. The third-order valence-electron chi connectivity index (χ3n) is 5.37. The quantitative estimate of drug-likeness (QED) is 0.525. The van der Waals surface area contributed by atoms with E-state index in [0.717, 1.165) is 31.4 Å². The molecule has 3 heteroatoms. The van der Waals surface area contributed by atoms with Crippen molar-refractivity contribution in [2.24, 2.45) is 0 Å². The minimum absolute atomic E-state index is 0.0104. The fourth-order valence-electron chi connectivity index (χ4n) is 3.79. The molecule has 27 heavy (non-hydrogen) atoms. The Morgan fingerprint density at radius 3 is 2.48 bits per heavy atom. The second-order valence-electron chi connectivity index (χ2n) is 7.98. The second-order valence-corrected chi connectivity index (χ2v) is 9.68. The lowest BCUT2D eigenvalue weighted by Crippen LogP contribution is -2.28. The highest BCUT2D eigenvalue weighted by molar-refractivity contribution is 7.48. The van der Waals surface area contributed by atoms with Crippen molar-refractivity contribution >= 4 is 13.9 Å². The predicted octanol–water partition coefficient (Wildman–Crippen LogP) is 5.92. The van der Waals surface area contributed by atoms with Crippen LogP contribution in [-0.4, -0.2) is 11.1 Å². The molecule has 2 rings (SSSR count). The second kappa shape index (κ2) is 9.71. The molecule has 0 fully saturated rings. The Morgan fingerprint density at radius 2 is 1.85 bits per heavy atom. The molecule has 0 aliphatic rings. The zero-order valence-electron chi connectivity index (χ0n) is 17.8. The van der Waals surface area contributed by atoms with E-state index in [2.05, 4.69) is 71.1 Å². The lowest BCUT2D eigenvalue weighted by atomic mass is 9.89. The summed E-state index contributed by atoms with van der Waals surface area (Å²) in [5, 5.41) is 15.7. The summed E-state index contributed by atoms with van der Waals surface area (Å²) in [6.45, 7) is 14.1. The van der Waals surface area contributed by atoms with Gasteiger partial charge in [-0.05, 0) is 49.2 Å². The number of nitrogens with one attached hydrogen (secondary N) is 1. The molecule has 2 atom stereocenters. The Labute approximate surface area is 167 Å². The van der Waals surface area contributed by atoms with Gasteiger partial charge in [-0.25, -0.2) is 0 Å². The summed E-state index contributed by atoms with van der Waals surface area (Å²) < 4.78 is 0. The number of hydrogen-bond acceptors (Lipinski definition) is 2. The van der Waals surface area contributed by atoms with Crippen LogP contribution < -0.4 is 10.6 Å². The summed E-state index contributed by atoms with van der Waals surface area (Å²) in [4.78, 5) is 0. The van der Waals surface area contributed by atoms with Crippen LogP contribution in [0.1, 0.15) is 69.2 Å². The van der Waals surface area contributed by atoms with Gasteiger partial charge in [-0.15, -0.1) is 0 Å². The monoisotopic (exact) mass is 385 g/mol. The van der Waals surface area contributed by atoms with Gasteiger partial charge in [-0.1, -0.05) is 78.6 Å². The van der Waals surface area contributed by atoms with E-state index in [9.17, 15) is 5.11 Å². The number of aryl methyl sites for hydroxylation is 2. The van der Waals surface area contributed by atoms with E-state index in [1.807, 2.05) is 12.1 Å². The smallest absolute Gasteiger partial charge is 0.119 e. The zero-order valence-corrected chi connectivity index (χ0v) is 18.8. The average Bonchev–Trinajstić information content (AvgIpc) is 2.63. The van der Waals surface area contributed by atoms with Crippen molar-refractivity contribution < 1.29 is 5.11 Å². The number of benzene rings is 2. The van der Waals surface area contributed by atoms with Gasteiger partial charge in [0.25, 0.3) is 0 Å². The van der Waals surface area contributed by atoms with Crippen LogP contribution in [-0.2, 0) is 11.7 Å². The van der Waals surface area contributed by atoms with Gasteiger partial charge < -0.3 is 10.4 Å². The molecule has 0 saturated carbocycles. The van der Waals surface area contributed by atoms with Gasteiger partial charge in [0.15, 0.2) is 0 Å². The first-order chi connectivity index (χ1) is 12.8. The molecule has 148 valence electrons. The van der Waals surface area contributed by atoms with Gasteiger partial charge in [0.1, 0.15) is 5.75 Å². The van der Waals surface area contributed by atoms with E-state index in [1.54, 1.807) is 0 Å². The highest BCUT2D eigenvalue weighted by Gasteiger charge is 2.33. The average molecular weight is 386 g/mol. The van der Waals surface area contributed by atoms with Crippen LogP contribution in [0.3, 0.4) is 0 Å². The Bertz CT molecular complexity index is 756. The number of aromatic hydroxyl groups is 1. The van der Waals surface area contributed by atoms with Crippen molar-refractivity contribution in [3.63, 3.8) is 0 Å². The van der Waals surface area contributed by atoms with Gasteiger partial charge >= 0.3 is 0 Å². The largest absolute Gasteiger partial charge is 0.508 e. The molecule has 2 aromatic rings. The molecule has 0 heterocycles. The molecular weight excluding hydrogens is 349 g/mol. The van der Waals surface area contributed by atoms with Crippen LogP contribution in [0, 0.1) is 13.8 Å². The molecule has 2 N–H and O–H groups in total. The Hall–Kier alpha value is -1.37. The molecule has 0 aromatic heterocycles. The molecule has 0 aliphatic carbocycles. The van der Waals surface area contributed by atoms with Crippen LogP contribution in [0.25, 0.3) is 0 Å². The highest BCUT2D eigenvalue weighted by Crippen LogP contribution is 2.51. The fraction of sp³-hybridized carbons (Fsp3) is 0.500. The number of rotatable bonds is 9. The van der Waals surface area contributed by atoms with Crippen molar-refractivity contribution in [1.29, 1.82) is 0 Å². The van der Waals surface area contributed by atoms with E-state index in [4.69, 9.17) is 0 Å². The molecule has 0 spiro atoms. The van der Waals surface area contributed by atoms with E-state index in [1.165, 1.54) is 22.0 Å². The summed E-state index contributed by atoms with van der Waals surface area (Å²) in [6.07, 6.45) is 3.23. The van der Waals surface area contributed by atoms with Crippen LogP contribution >= 0.6 is 8.58 Å². The van der Waals surface area contributed by atoms with Gasteiger partial charge in [0, 0.05) is 23.3 Å². The number of hydrogen-bond donors (Lipinski definition) is 2. The lowest BCUT2D eigenvalue weighted by Gasteiger charge is -2.35. The van der Waals surface area contributed by atoms with E-state index in [-0.39, 0.29) is 5.16 Å². The van der Waals surface area contributed by atoms with Gasteiger partial charge in [0.2, 0.25) is 0 Å². The normalized spacial score (nSPS) is 14.2. The molecular formula is C24H36NOP. The maximum atomic E-state index is 10.7. The number of phenolic OH excluding ortho intramolecular Hbond substituents is 1. The van der Waals surface area contributed by atoms with Crippen molar-refractivity contribution in [1.82, 2.24) is 5.32 Å². The van der Waals surface area contributed by atoms with Crippen LogP contribution in [0.4, 0.5) is 0 Å². The molecule has 0 bridgehead atoms. The van der Waals surface area contributed by atoms with Crippen LogP contribution in [0.2, 0.25) is 0 Å². The number of phenols is 1. The maximum Gasteiger partial charge on any atom is 0.119 e. The molecule has 0 aliphatic heterocycles. The van der Waals surface area contributed by atoms with Gasteiger partial charge in [0.05, 0.1) is 0 Å². The summed E-state index contributed by atoms with van der Waals surface area (Å²) in [5.41, 5.74) is 5.09. The molecule has 2 unspecified atom stereocenters. The topological polar surface area (TPSA) is 32.3 Å². The van der Waals surface area contributed by atoms with Crippen LogP contribution in [0.15, 0.2) is 36.4 Å². The molecule has 2 aromatic carbocycles. The molecule has 0 amide bonds. The van der Waals surface area contributed by atoms with E-state index < -0.39 is 0 Å². The SMILES string of the molecule is CCCC(CC)(Pc1c(C)cccc1CNC(C)C)c1cc(C)ccc1O. The predicted molar refractivity (Wildman–Crippen MR) is 121 cm³/mol. The first-order valence-corrected chi connectivity index (χ1v) is 11.2. The van der Waals surface area contributed by atoms with E-state index >= 15 is 0 Å². The third kappa shape index (κ3) is 5.33. The highest BCUT2D eigenvalue weighted by atomic mass is 31.1.